The van der Waals surface area contributed by atoms with Gasteiger partial charge in [-0.2, -0.15) is 22.1 Å². The van der Waals surface area contributed by atoms with Crippen LogP contribution in [0.15, 0.2) is 36.5 Å². The van der Waals surface area contributed by atoms with E-state index in [0.29, 0.717) is 30.2 Å². The Morgan fingerprint density at radius 2 is 2.12 bits per heavy atom. The van der Waals surface area contributed by atoms with Crippen molar-refractivity contribution in [1.29, 1.82) is 5.26 Å². The Morgan fingerprint density at radius 3 is 2.80 bits per heavy atom. The molecule has 5 nitrogen and oxygen atoms in total. The van der Waals surface area contributed by atoms with Crippen molar-refractivity contribution in [1.82, 2.24) is 9.78 Å². The summed E-state index contributed by atoms with van der Waals surface area (Å²) in [5.74, 6) is 1.68. The predicted molar refractivity (Wildman–Crippen MR) is 103 cm³/mol. The molecule has 1 aromatic carbocycles. The lowest BCUT2D eigenvalue weighted by Gasteiger charge is -2.19. The van der Waals surface area contributed by atoms with Gasteiger partial charge < -0.3 is 4.90 Å². The van der Waals surface area contributed by atoms with E-state index < -0.39 is 0 Å². The topological polar surface area (TPSA) is 61.9 Å². The molecular formula is C18H21ClN4OS. The van der Waals surface area contributed by atoms with Gasteiger partial charge in [0, 0.05) is 25.1 Å². The lowest BCUT2D eigenvalue weighted by atomic mass is 10.3. The van der Waals surface area contributed by atoms with E-state index in [2.05, 4.69) is 11.2 Å². The zero-order valence-corrected chi connectivity index (χ0v) is 15.8. The average molecular weight is 377 g/mol. The molecule has 7 heteroatoms. The first kappa shape index (κ1) is 19.4. The fourth-order valence-electron chi connectivity index (χ4n) is 2.37. The molecule has 0 fully saturated rings. The third-order valence-electron chi connectivity index (χ3n) is 3.62. The molecule has 1 aromatic heterocycles. The summed E-state index contributed by atoms with van der Waals surface area (Å²) in [5.41, 5.74) is 1.53. The van der Waals surface area contributed by atoms with Crippen molar-refractivity contribution in [3.63, 3.8) is 0 Å². The number of para-hydroxylation sites is 1. The highest BCUT2D eigenvalue weighted by molar-refractivity contribution is 7.99. The molecule has 0 aliphatic rings. The van der Waals surface area contributed by atoms with Crippen LogP contribution in [0.2, 0.25) is 5.15 Å². The first-order valence-corrected chi connectivity index (χ1v) is 9.76. The largest absolute Gasteiger partial charge is 0.308 e. The lowest BCUT2D eigenvalue weighted by molar-refractivity contribution is -0.118. The number of benzene rings is 1. The maximum absolute atomic E-state index is 12.5. The van der Waals surface area contributed by atoms with Crippen LogP contribution in [0.3, 0.4) is 0 Å². The highest BCUT2D eigenvalue weighted by Gasteiger charge is 2.19. The van der Waals surface area contributed by atoms with Crippen molar-refractivity contribution >= 4 is 35.0 Å². The second-order valence-corrected chi connectivity index (χ2v) is 6.93. The van der Waals surface area contributed by atoms with Crippen molar-refractivity contribution in [2.45, 2.75) is 26.2 Å². The quantitative estimate of drug-likeness (QED) is 0.612. The Morgan fingerprint density at radius 1 is 1.36 bits per heavy atom. The highest BCUT2D eigenvalue weighted by Crippen LogP contribution is 2.26. The normalized spacial score (nSPS) is 10.4. The van der Waals surface area contributed by atoms with Gasteiger partial charge in [-0.15, -0.1) is 0 Å². The molecular weight excluding hydrogens is 356 g/mol. The molecule has 25 heavy (non-hydrogen) atoms. The van der Waals surface area contributed by atoms with Crippen molar-refractivity contribution in [3.05, 3.63) is 41.7 Å². The molecule has 0 spiro atoms. The molecule has 0 unspecified atom stereocenters. The summed E-state index contributed by atoms with van der Waals surface area (Å²) < 4.78 is 1.68. The predicted octanol–water partition coefficient (Wildman–Crippen LogP) is 4.31. The summed E-state index contributed by atoms with van der Waals surface area (Å²) in [6.45, 7) is 2.46. The van der Waals surface area contributed by atoms with Crippen LogP contribution in [0, 0.1) is 11.3 Å². The Labute approximate surface area is 157 Å². The van der Waals surface area contributed by atoms with Crippen molar-refractivity contribution in [2.75, 3.05) is 23.0 Å². The van der Waals surface area contributed by atoms with Gasteiger partial charge in [0.1, 0.15) is 5.69 Å². The molecule has 0 radical (unpaired) electrons. The number of rotatable bonds is 9. The number of hydrogen-bond donors (Lipinski definition) is 0. The van der Waals surface area contributed by atoms with Crippen molar-refractivity contribution in [2.24, 2.45) is 0 Å². The van der Waals surface area contributed by atoms with Crippen LogP contribution in [0.4, 0.5) is 5.69 Å². The number of nitriles is 1. The number of thioether (sulfide) groups is 1. The Hall–Kier alpha value is -1.97. The van der Waals surface area contributed by atoms with Gasteiger partial charge in [0.2, 0.25) is 5.91 Å². The highest BCUT2D eigenvalue weighted by atomic mass is 35.5. The van der Waals surface area contributed by atoms with Crippen LogP contribution >= 0.6 is 23.4 Å². The van der Waals surface area contributed by atoms with E-state index >= 15 is 0 Å². The first-order valence-electron chi connectivity index (χ1n) is 8.23. The Balaban J connectivity index is 1.99. The number of halogens is 1. The van der Waals surface area contributed by atoms with Gasteiger partial charge in [-0.1, -0.05) is 29.8 Å². The maximum atomic E-state index is 12.5. The van der Waals surface area contributed by atoms with Crippen LogP contribution in [0.25, 0.3) is 5.69 Å². The minimum Gasteiger partial charge on any atom is -0.308 e. The SMILES string of the molecule is CCN(C(=O)CCSCCCC#N)c1cn(-c2ccccc2)nc1Cl. The van der Waals surface area contributed by atoms with E-state index in [1.54, 1.807) is 27.5 Å². The Kier molecular flexibility index (Phi) is 7.83. The fraction of sp³-hybridized carbons (Fsp3) is 0.389. The molecule has 0 atom stereocenters. The van der Waals surface area contributed by atoms with Gasteiger partial charge in [0.15, 0.2) is 5.15 Å². The second kappa shape index (κ2) is 10.1. The number of nitrogens with zero attached hydrogens (tertiary/aromatic N) is 4. The molecule has 0 bridgehead atoms. The summed E-state index contributed by atoms with van der Waals surface area (Å²) in [7, 11) is 0. The number of carbonyl (C=O) groups excluding carboxylic acids is 1. The molecule has 0 N–H and O–H groups in total. The monoisotopic (exact) mass is 376 g/mol. The summed E-state index contributed by atoms with van der Waals surface area (Å²) in [6, 6.07) is 11.8. The van der Waals surface area contributed by atoms with E-state index in [1.165, 1.54) is 0 Å². The standard InChI is InChI=1S/C18H21ClN4OS/c1-2-22(17(24)10-13-25-12-7-6-11-20)16-14-23(21-18(16)19)15-8-4-3-5-9-15/h3-5,8-9,14H,2,6-7,10,12-13H2,1H3. The first-order chi connectivity index (χ1) is 12.2. The molecule has 2 aromatic rings. The smallest absolute Gasteiger partial charge is 0.227 e. The summed E-state index contributed by atoms with van der Waals surface area (Å²) in [4.78, 5) is 14.2. The minimum absolute atomic E-state index is 0.0322. The van der Waals surface area contributed by atoms with Crippen LogP contribution in [-0.4, -0.2) is 33.7 Å². The molecule has 1 heterocycles. The second-order valence-electron chi connectivity index (χ2n) is 5.35. The molecule has 0 aliphatic carbocycles. The van der Waals surface area contributed by atoms with E-state index in [9.17, 15) is 4.79 Å². The van der Waals surface area contributed by atoms with Gasteiger partial charge >= 0.3 is 0 Å². The number of amides is 1. The minimum atomic E-state index is 0.0322. The number of carbonyl (C=O) groups is 1. The van der Waals surface area contributed by atoms with E-state index in [-0.39, 0.29) is 5.91 Å². The molecule has 2 rings (SSSR count). The van der Waals surface area contributed by atoms with E-state index in [0.717, 1.165) is 23.6 Å². The zero-order valence-electron chi connectivity index (χ0n) is 14.2. The number of unbranched alkanes of at least 4 members (excludes halogenated alkanes) is 1. The van der Waals surface area contributed by atoms with Crippen LogP contribution in [-0.2, 0) is 4.79 Å². The molecule has 0 aliphatic heterocycles. The third kappa shape index (κ3) is 5.52. The van der Waals surface area contributed by atoms with Gasteiger partial charge in [0.05, 0.1) is 18.0 Å². The van der Waals surface area contributed by atoms with Crippen molar-refractivity contribution < 1.29 is 4.79 Å². The lowest BCUT2D eigenvalue weighted by Crippen LogP contribution is -2.30. The fourth-order valence-corrected chi connectivity index (χ4v) is 3.47. The average Bonchev–Trinajstić information content (AvgIpc) is 3.01. The van der Waals surface area contributed by atoms with Crippen molar-refractivity contribution in [3.8, 4) is 11.8 Å². The summed E-state index contributed by atoms with van der Waals surface area (Å²) in [6.07, 6.45) is 3.66. The maximum Gasteiger partial charge on any atom is 0.227 e. The third-order valence-corrected chi connectivity index (χ3v) is 4.96. The van der Waals surface area contributed by atoms with Crippen LogP contribution in [0.5, 0.6) is 0 Å². The number of hydrogen-bond acceptors (Lipinski definition) is 4. The summed E-state index contributed by atoms with van der Waals surface area (Å²) in [5, 5.41) is 13.1. The zero-order chi connectivity index (χ0) is 18.1. The van der Waals surface area contributed by atoms with Gasteiger partial charge in [-0.05, 0) is 31.2 Å². The summed E-state index contributed by atoms with van der Waals surface area (Å²) >= 11 is 7.97. The molecule has 0 saturated heterocycles. The van der Waals surface area contributed by atoms with Crippen LogP contribution < -0.4 is 4.90 Å². The van der Waals surface area contributed by atoms with E-state index in [1.807, 2.05) is 37.3 Å². The molecule has 0 saturated carbocycles. The van der Waals surface area contributed by atoms with E-state index in [4.69, 9.17) is 16.9 Å². The number of anilines is 1. The Bertz CT molecular complexity index is 726. The van der Waals surface area contributed by atoms with Crippen LogP contribution in [0.1, 0.15) is 26.2 Å². The molecule has 132 valence electrons. The van der Waals surface area contributed by atoms with Gasteiger partial charge in [-0.3, -0.25) is 4.79 Å². The van der Waals surface area contributed by atoms with Gasteiger partial charge in [-0.25, -0.2) is 4.68 Å². The van der Waals surface area contributed by atoms with Gasteiger partial charge in [0.25, 0.3) is 0 Å². The number of aromatic nitrogens is 2. The molecule has 1 amide bonds.